The predicted molar refractivity (Wildman–Crippen MR) is 124 cm³/mol. The molecule has 2 aromatic rings. The van der Waals surface area contributed by atoms with Crippen molar-refractivity contribution in [3.05, 3.63) is 50.5 Å². The molecule has 0 fully saturated rings. The molecule has 0 unspecified atom stereocenters. The Balaban J connectivity index is 2.22. The van der Waals surface area contributed by atoms with Gasteiger partial charge in [-0.2, -0.15) is 0 Å². The van der Waals surface area contributed by atoms with E-state index >= 15 is 0 Å². The minimum atomic E-state index is -0.507. The number of anilines is 1. The second-order valence-corrected chi connectivity index (χ2v) is 7.19. The van der Waals surface area contributed by atoms with E-state index in [0.717, 1.165) is 0 Å². The Labute approximate surface area is 193 Å². The van der Waals surface area contributed by atoms with Crippen LogP contribution < -0.4 is 24.8 Å². The summed E-state index contributed by atoms with van der Waals surface area (Å²) >= 11 is 8.45. The summed E-state index contributed by atoms with van der Waals surface area (Å²) in [7, 11) is 0. The van der Waals surface area contributed by atoms with E-state index in [1.807, 2.05) is 20.8 Å². The van der Waals surface area contributed by atoms with Crippen molar-refractivity contribution in [3.8, 4) is 17.2 Å². The first-order valence-corrected chi connectivity index (χ1v) is 10.6. The van der Waals surface area contributed by atoms with Gasteiger partial charge in [-0.1, -0.05) is 0 Å². The fourth-order valence-electron chi connectivity index (χ4n) is 2.57. The number of ether oxygens (including phenoxy) is 3. The maximum absolute atomic E-state index is 12.8. The van der Waals surface area contributed by atoms with Crippen molar-refractivity contribution in [1.82, 2.24) is 5.32 Å². The molecule has 0 aromatic heterocycles. The monoisotopic (exact) mass is 511 g/mol. The van der Waals surface area contributed by atoms with Gasteiger partial charge in [-0.15, -0.1) is 0 Å². The lowest BCUT2D eigenvalue weighted by Crippen LogP contribution is -2.34. The van der Waals surface area contributed by atoms with E-state index in [4.69, 9.17) is 26.4 Å². The molecule has 0 spiro atoms. The summed E-state index contributed by atoms with van der Waals surface area (Å²) in [5, 5.41) is 16.3. The van der Waals surface area contributed by atoms with Gasteiger partial charge < -0.3 is 19.5 Å². The highest BCUT2D eigenvalue weighted by atomic mass is 79.9. The number of hydrogen-bond donors (Lipinski definition) is 2. The molecular formula is C20H22BrN3O6S. The number of carbonyl (C=O) groups excluding carboxylic acids is 1. The Morgan fingerprint density at radius 2 is 1.65 bits per heavy atom. The van der Waals surface area contributed by atoms with Gasteiger partial charge in [-0.3, -0.25) is 20.2 Å². The van der Waals surface area contributed by atoms with E-state index in [1.165, 1.54) is 18.2 Å². The van der Waals surface area contributed by atoms with Crippen LogP contribution in [0.4, 0.5) is 11.4 Å². The van der Waals surface area contributed by atoms with Gasteiger partial charge in [-0.05, 0) is 67.1 Å². The molecule has 0 radical (unpaired) electrons. The third kappa shape index (κ3) is 6.53. The van der Waals surface area contributed by atoms with Crippen LogP contribution in [0.15, 0.2) is 34.8 Å². The zero-order chi connectivity index (χ0) is 23.0. The Morgan fingerprint density at radius 3 is 2.13 bits per heavy atom. The van der Waals surface area contributed by atoms with Crippen LogP contribution in [0.2, 0.25) is 0 Å². The van der Waals surface area contributed by atoms with Gasteiger partial charge in [0.25, 0.3) is 11.6 Å². The number of hydrogen-bond acceptors (Lipinski definition) is 7. The number of carbonyl (C=O) groups is 1. The molecule has 2 rings (SSSR count). The minimum absolute atomic E-state index is 0.0179. The lowest BCUT2D eigenvalue weighted by Gasteiger charge is -2.17. The van der Waals surface area contributed by atoms with E-state index < -0.39 is 10.8 Å². The zero-order valence-electron chi connectivity index (χ0n) is 17.2. The predicted octanol–water partition coefficient (Wildman–Crippen LogP) is 4.68. The van der Waals surface area contributed by atoms with Crippen molar-refractivity contribution in [2.45, 2.75) is 20.8 Å². The molecule has 166 valence electrons. The summed E-state index contributed by atoms with van der Waals surface area (Å²) in [5.74, 6) is 0.716. The summed E-state index contributed by atoms with van der Waals surface area (Å²) < 4.78 is 17.3. The number of nitro benzene ring substituents is 1. The van der Waals surface area contributed by atoms with Crippen LogP contribution in [0.1, 0.15) is 31.1 Å². The number of nitro groups is 1. The highest BCUT2D eigenvalue weighted by Gasteiger charge is 2.19. The first-order valence-electron chi connectivity index (χ1n) is 9.43. The van der Waals surface area contributed by atoms with E-state index in [1.54, 1.807) is 12.1 Å². The SMILES string of the molecule is CCOc1cc(C(=O)NC(=S)Nc2ccc([N+](=O)[O-])cc2Br)cc(OCC)c1OCC. The van der Waals surface area contributed by atoms with Gasteiger partial charge >= 0.3 is 0 Å². The first kappa shape index (κ1) is 24.4. The molecule has 0 atom stereocenters. The summed E-state index contributed by atoms with van der Waals surface area (Å²) in [4.78, 5) is 23.1. The standard InChI is InChI=1S/C20H22BrN3O6S/c1-4-28-16-9-12(10-17(29-5-2)18(16)30-6-3)19(25)23-20(31)22-15-8-7-13(24(26)27)11-14(15)21/h7-11H,4-6H2,1-3H3,(H2,22,23,25,31). The molecule has 11 heteroatoms. The van der Waals surface area contributed by atoms with E-state index in [0.29, 0.717) is 47.2 Å². The molecule has 2 N–H and O–H groups in total. The van der Waals surface area contributed by atoms with Gasteiger partial charge in [-0.25, -0.2) is 0 Å². The van der Waals surface area contributed by atoms with Gasteiger partial charge in [0.1, 0.15) is 0 Å². The summed E-state index contributed by atoms with van der Waals surface area (Å²) in [6.45, 7) is 6.65. The molecule has 0 heterocycles. The molecule has 0 aliphatic carbocycles. The summed E-state index contributed by atoms with van der Waals surface area (Å²) in [6, 6.07) is 7.25. The number of thiocarbonyl (C=S) groups is 1. The maximum atomic E-state index is 12.8. The Hall–Kier alpha value is -2.92. The highest BCUT2D eigenvalue weighted by Crippen LogP contribution is 2.39. The fraction of sp³-hybridized carbons (Fsp3) is 0.300. The maximum Gasteiger partial charge on any atom is 0.270 e. The van der Waals surface area contributed by atoms with Crippen molar-refractivity contribution < 1.29 is 23.9 Å². The quantitative estimate of drug-likeness (QED) is 0.283. The van der Waals surface area contributed by atoms with Crippen molar-refractivity contribution >= 4 is 50.5 Å². The molecular weight excluding hydrogens is 490 g/mol. The van der Waals surface area contributed by atoms with Crippen LogP contribution in [0.25, 0.3) is 0 Å². The van der Waals surface area contributed by atoms with Gasteiger partial charge in [0, 0.05) is 22.2 Å². The third-order valence-electron chi connectivity index (χ3n) is 3.81. The number of non-ortho nitro benzene ring substituents is 1. The van der Waals surface area contributed by atoms with Crippen LogP contribution in [0.5, 0.6) is 17.2 Å². The van der Waals surface area contributed by atoms with Crippen LogP contribution in [-0.4, -0.2) is 35.8 Å². The van der Waals surface area contributed by atoms with Crippen LogP contribution in [0, 0.1) is 10.1 Å². The number of benzene rings is 2. The van der Waals surface area contributed by atoms with E-state index in [2.05, 4.69) is 26.6 Å². The molecule has 0 saturated heterocycles. The lowest BCUT2D eigenvalue weighted by atomic mass is 10.1. The van der Waals surface area contributed by atoms with E-state index in [9.17, 15) is 14.9 Å². The molecule has 2 aromatic carbocycles. The number of nitrogens with one attached hydrogen (secondary N) is 2. The van der Waals surface area contributed by atoms with Gasteiger partial charge in [0.2, 0.25) is 5.75 Å². The van der Waals surface area contributed by atoms with Gasteiger partial charge in [0.15, 0.2) is 16.6 Å². The second-order valence-electron chi connectivity index (χ2n) is 5.93. The fourth-order valence-corrected chi connectivity index (χ4v) is 3.24. The van der Waals surface area contributed by atoms with Crippen LogP contribution in [-0.2, 0) is 0 Å². The van der Waals surface area contributed by atoms with E-state index in [-0.39, 0.29) is 16.4 Å². The molecule has 0 aliphatic rings. The summed E-state index contributed by atoms with van der Waals surface area (Å²) in [5.41, 5.74) is 0.656. The van der Waals surface area contributed by atoms with Crippen molar-refractivity contribution in [2.24, 2.45) is 0 Å². The number of rotatable bonds is 9. The highest BCUT2D eigenvalue weighted by molar-refractivity contribution is 9.10. The molecule has 0 aliphatic heterocycles. The van der Waals surface area contributed by atoms with Crippen molar-refractivity contribution in [2.75, 3.05) is 25.1 Å². The molecule has 0 bridgehead atoms. The largest absolute Gasteiger partial charge is 0.490 e. The Bertz CT molecular complexity index is 958. The normalized spacial score (nSPS) is 10.2. The summed E-state index contributed by atoms with van der Waals surface area (Å²) in [6.07, 6.45) is 0. The zero-order valence-corrected chi connectivity index (χ0v) is 19.6. The lowest BCUT2D eigenvalue weighted by molar-refractivity contribution is -0.384. The van der Waals surface area contributed by atoms with Crippen molar-refractivity contribution in [1.29, 1.82) is 0 Å². The molecule has 9 nitrogen and oxygen atoms in total. The number of amides is 1. The van der Waals surface area contributed by atoms with Crippen molar-refractivity contribution in [3.63, 3.8) is 0 Å². The number of halogens is 1. The molecule has 0 saturated carbocycles. The average molecular weight is 512 g/mol. The van der Waals surface area contributed by atoms with Gasteiger partial charge in [0.05, 0.1) is 30.4 Å². The Morgan fingerprint density at radius 1 is 1.06 bits per heavy atom. The number of nitrogens with zero attached hydrogens (tertiary/aromatic N) is 1. The second kappa shape index (κ2) is 11.5. The topological polar surface area (TPSA) is 112 Å². The minimum Gasteiger partial charge on any atom is -0.490 e. The molecule has 1 amide bonds. The third-order valence-corrected chi connectivity index (χ3v) is 4.67. The van der Waals surface area contributed by atoms with Crippen LogP contribution in [0.3, 0.4) is 0 Å². The Kier molecular flexibility index (Phi) is 9.01. The molecule has 31 heavy (non-hydrogen) atoms. The smallest absolute Gasteiger partial charge is 0.270 e. The van der Waals surface area contributed by atoms with Crippen LogP contribution >= 0.6 is 28.1 Å². The first-order chi connectivity index (χ1) is 14.8. The average Bonchev–Trinajstić information content (AvgIpc) is 2.71.